The average Bonchev–Trinajstić information content (AvgIpc) is 3.47. The number of aromatic nitrogens is 4. The zero-order valence-corrected chi connectivity index (χ0v) is 15.9. The summed E-state index contributed by atoms with van der Waals surface area (Å²) in [6.45, 7) is 3.00. The highest BCUT2D eigenvalue weighted by Gasteiger charge is 2.24. The number of hydrogen-bond donors (Lipinski definition) is 1. The molecule has 4 heterocycles. The number of hydrogen-bond acceptors (Lipinski definition) is 4. The minimum atomic E-state index is 0.580. The molecule has 144 valence electrons. The van der Waals surface area contributed by atoms with Crippen molar-refractivity contribution in [3.05, 3.63) is 60.6 Å². The summed E-state index contributed by atoms with van der Waals surface area (Å²) < 4.78 is 8.10. The van der Waals surface area contributed by atoms with Crippen LogP contribution in [0.3, 0.4) is 0 Å². The van der Waals surface area contributed by atoms with Crippen LogP contribution in [0.4, 0.5) is 0 Å². The Morgan fingerprint density at radius 3 is 3.04 bits per heavy atom. The molecule has 28 heavy (non-hydrogen) atoms. The molecular formula is C22H25N5O. The molecule has 1 N–H and O–H groups in total. The highest BCUT2D eigenvalue weighted by molar-refractivity contribution is 5.82. The summed E-state index contributed by atoms with van der Waals surface area (Å²) in [5.41, 5.74) is 3.10. The van der Waals surface area contributed by atoms with Gasteiger partial charge >= 0.3 is 0 Å². The number of H-pyrrole nitrogens is 1. The number of para-hydroxylation sites is 1. The predicted octanol–water partition coefficient (Wildman–Crippen LogP) is 4.46. The Morgan fingerprint density at radius 2 is 2.14 bits per heavy atom. The largest absolute Gasteiger partial charge is 0.454 e. The highest BCUT2D eigenvalue weighted by Crippen LogP contribution is 2.30. The summed E-state index contributed by atoms with van der Waals surface area (Å²) in [7, 11) is 0. The van der Waals surface area contributed by atoms with Gasteiger partial charge in [0.05, 0.1) is 6.20 Å². The van der Waals surface area contributed by atoms with Crippen LogP contribution in [0.5, 0.6) is 0 Å². The summed E-state index contributed by atoms with van der Waals surface area (Å²) in [5, 5.41) is 12.9. The summed E-state index contributed by atoms with van der Waals surface area (Å²) in [4.78, 5) is 2.60. The predicted molar refractivity (Wildman–Crippen MR) is 109 cm³/mol. The molecule has 0 saturated carbocycles. The van der Waals surface area contributed by atoms with Crippen LogP contribution in [0.25, 0.3) is 22.4 Å². The van der Waals surface area contributed by atoms with E-state index in [2.05, 4.69) is 32.3 Å². The number of aryl methyl sites for hydroxylation is 1. The van der Waals surface area contributed by atoms with Gasteiger partial charge in [0.2, 0.25) is 0 Å². The van der Waals surface area contributed by atoms with Crippen LogP contribution in [0.2, 0.25) is 0 Å². The van der Waals surface area contributed by atoms with E-state index >= 15 is 0 Å². The van der Waals surface area contributed by atoms with Crippen LogP contribution in [-0.2, 0) is 13.1 Å². The summed E-state index contributed by atoms with van der Waals surface area (Å²) >= 11 is 0. The molecule has 1 atom stereocenters. The Kier molecular flexibility index (Phi) is 4.71. The number of fused-ring (bicyclic) bond motifs is 1. The van der Waals surface area contributed by atoms with Gasteiger partial charge in [-0.2, -0.15) is 10.2 Å². The standard InChI is InChI=1S/C22H25N5O/c1-2-8-20-17(6-1)14-21(28-20)22-18(15-23-25-22)16-26-11-4-3-7-19(26)9-13-27-12-5-10-24-27/h1-2,5-6,8,10,12,14-15,19H,3-4,7,9,11,13,16H2,(H,23,25). The number of nitrogens with zero attached hydrogens (tertiary/aromatic N) is 4. The van der Waals surface area contributed by atoms with Crippen molar-refractivity contribution < 1.29 is 4.42 Å². The third-order valence-corrected chi connectivity index (χ3v) is 5.76. The normalized spacial score (nSPS) is 18.1. The lowest BCUT2D eigenvalue weighted by atomic mass is 9.98. The van der Waals surface area contributed by atoms with Crippen LogP contribution >= 0.6 is 0 Å². The first-order valence-corrected chi connectivity index (χ1v) is 10.1. The molecule has 1 aromatic carbocycles. The van der Waals surface area contributed by atoms with Gasteiger partial charge in [0, 0.05) is 42.5 Å². The molecule has 4 aromatic rings. The van der Waals surface area contributed by atoms with Crippen LogP contribution < -0.4 is 0 Å². The number of piperidine rings is 1. The number of likely N-dealkylation sites (tertiary alicyclic amines) is 1. The van der Waals surface area contributed by atoms with Gasteiger partial charge in [-0.15, -0.1) is 0 Å². The number of nitrogens with one attached hydrogen (secondary N) is 1. The summed E-state index contributed by atoms with van der Waals surface area (Å²) in [6, 6.07) is 12.8. The molecule has 1 fully saturated rings. The van der Waals surface area contributed by atoms with Gasteiger partial charge in [0.15, 0.2) is 5.76 Å². The fraction of sp³-hybridized carbons (Fsp3) is 0.364. The Hall–Kier alpha value is -2.86. The monoisotopic (exact) mass is 375 g/mol. The molecule has 0 spiro atoms. The van der Waals surface area contributed by atoms with Gasteiger partial charge in [0.1, 0.15) is 11.3 Å². The quantitative estimate of drug-likeness (QED) is 0.540. The summed E-state index contributed by atoms with van der Waals surface area (Å²) in [6.07, 6.45) is 10.8. The highest BCUT2D eigenvalue weighted by atomic mass is 16.3. The molecule has 0 radical (unpaired) electrons. The first-order chi connectivity index (χ1) is 13.9. The van der Waals surface area contributed by atoms with Crippen molar-refractivity contribution in [3.63, 3.8) is 0 Å². The van der Waals surface area contributed by atoms with Crippen molar-refractivity contribution in [1.82, 2.24) is 24.9 Å². The molecule has 1 aliphatic rings. The second-order valence-corrected chi connectivity index (χ2v) is 7.60. The van der Waals surface area contributed by atoms with Gasteiger partial charge in [-0.25, -0.2) is 0 Å². The maximum Gasteiger partial charge on any atom is 0.153 e. The third kappa shape index (κ3) is 3.47. The molecule has 6 heteroatoms. The molecular weight excluding hydrogens is 350 g/mol. The first-order valence-electron chi connectivity index (χ1n) is 10.1. The molecule has 1 saturated heterocycles. The van der Waals surface area contributed by atoms with E-state index in [0.29, 0.717) is 6.04 Å². The molecule has 3 aromatic heterocycles. The van der Waals surface area contributed by atoms with E-state index in [1.165, 1.54) is 24.8 Å². The Morgan fingerprint density at radius 1 is 1.18 bits per heavy atom. The Balaban J connectivity index is 1.34. The number of furan rings is 1. The van der Waals surface area contributed by atoms with Crippen molar-refractivity contribution in [1.29, 1.82) is 0 Å². The van der Waals surface area contributed by atoms with E-state index in [1.54, 1.807) is 0 Å². The number of rotatable bonds is 6. The van der Waals surface area contributed by atoms with Gasteiger partial charge in [-0.1, -0.05) is 24.6 Å². The fourth-order valence-electron chi connectivity index (χ4n) is 4.28. The maximum atomic E-state index is 6.06. The van der Waals surface area contributed by atoms with Crippen molar-refractivity contribution in [2.75, 3.05) is 6.54 Å². The number of benzene rings is 1. The fourth-order valence-corrected chi connectivity index (χ4v) is 4.28. The van der Waals surface area contributed by atoms with Gasteiger partial charge in [0.25, 0.3) is 0 Å². The lowest BCUT2D eigenvalue weighted by Crippen LogP contribution is -2.39. The van der Waals surface area contributed by atoms with Crippen LogP contribution in [0.1, 0.15) is 31.2 Å². The van der Waals surface area contributed by atoms with E-state index in [0.717, 1.165) is 48.5 Å². The minimum Gasteiger partial charge on any atom is -0.454 e. The first kappa shape index (κ1) is 17.3. The average molecular weight is 375 g/mol. The third-order valence-electron chi connectivity index (χ3n) is 5.76. The molecule has 0 bridgehead atoms. The van der Waals surface area contributed by atoms with Crippen molar-refractivity contribution in [3.8, 4) is 11.5 Å². The topological polar surface area (TPSA) is 62.9 Å². The Bertz CT molecular complexity index is 999. The van der Waals surface area contributed by atoms with Crippen LogP contribution in [0.15, 0.2) is 59.4 Å². The molecule has 1 unspecified atom stereocenters. The van der Waals surface area contributed by atoms with E-state index in [-0.39, 0.29) is 0 Å². The van der Waals surface area contributed by atoms with Crippen molar-refractivity contribution >= 4 is 11.0 Å². The maximum absolute atomic E-state index is 6.06. The zero-order chi connectivity index (χ0) is 18.8. The molecule has 5 rings (SSSR count). The minimum absolute atomic E-state index is 0.580. The molecule has 0 amide bonds. The molecule has 6 nitrogen and oxygen atoms in total. The van der Waals surface area contributed by atoms with Crippen LogP contribution in [0, 0.1) is 0 Å². The van der Waals surface area contributed by atoms with Gasteiger partial charge < -0.3 is 4.42 Å². The van der Waals surface area contributed by atoms with Crippen LogP contribution in [-0.4, -0.2) is 37.5 Å². The van der Waals surface area contributed by atoms with Gasteiger partial charge in [-0.3, -0.25) is 14.7 Å². The van der Waals surface area contributed by atoms with E-state index < -0.39 is 0 Å². The molecule has 1 aliphatic heterocycles. The SMILES string of the molecule is c1ccc2oc(-c3[nH]ncc3CN3CCCCC3CCn3cccn3)cc2c1. The van der Waals surface area contributed by atoms with E-state index in [1.807, 2.05) is 47.5 Å². The van der Waals surface area contributed by atoms with E-state index in [4.69, 9.17) is 4.42 Å². The van der Waals surface area contributed by atoms with Crippen molar-refractivity contribution in [2.24, 2.45) is 0 Å². The van der Waals surface area contributed by atoms with Gasteiger partial charge in [-0.05, 0) is 44.0 Å². The summed E-state index contributed by atoms with van der Waals surface area (Å²) in [5.74, 6) is 0.860. The zero-order valence-electron chi connectivity index (χ0n) is 15.9. The van der Waals surface area contributed by atoms with E-state index in [9.17, 15) is 0 Å². The lowest BCUT2D eigenvalue weighted by Gasteiger charge is -2.35. The second-order valence-electron chi connectivity index (χ2n) is 7.60. The Labute approximate surface area is 164 Å². The second kappa shape index (κ2) is 7.64. The smallest absolute Gasteiger partial charge is 0.153 e. The number of aromatic amines is 1. The van der Waals surface area contributed by atoms with Crippen molar-refractivity contribution in [2.45, 2.75) is 44.8 Å². The lowest BCUT2D eigenvalue weighted by molar-refractivity contribution is 0.127. The molecule has 0 aliphatic carbocycles.